The van der Waals surface area contributed by atoms with Crippen molar-refractivity contribution < 1.29 is 14.7 Å². The van der Waals surface area contributed by atoms with Gasteiger partial charge in [0, 0.05) is 23.8 Å². The third-order valence-electron chi connectivity index (χ3n) is 4.84. The molecule has 0 spiro atoms. The summed E-state index contributed by atoms with van der Waals surface area (Å²) in [6.45, 7) is 2.17. The molecular formula is C15H24NO3-. The van der Waals surface area contributed by atoms with Gasteiger partial charge in [0.1, 0.15) is 0 Å². The average molecular weight is 266 g/mol. The normalized spacial score (nSPS) is 35.6. The largest absolute Gasteiger partial charge is 0.550 e. The second-order valence-electron chi connectivity index (χ2n) is 6.19. The predicted molar refractivity (Wildman–Crippen MR) is 70.0 cm³/mol. The Morgan fingerprint density at radius 1 is 0.947 bits per heavy atom. The standard InChI is InChI=1S/C15H25NO3/c1-10-6-2-5-9-13(10)16-14(17)11-7-3-4-8-12(11)15(18)19/h10-13H,2-9H2,1H3,(H,16,17)(H,18,19)/p-1/t10-,11+,12-,13-/m0/s1. The molecule has 2 fully saturated rings. The Kier molecular flexibility index (Phi) is 4.83. The van der Waals surface area contributed by atoms with E-state index in [9.17, 15) is 14.7 Å². The van der Waals surface area contributed by atoms with Gasteiger partial charge in [0.05, 0.1) is 0 Å². The van der Waals surface area contributed by atoms with Crippen molar-refractivity contribution in [2.75, 3.05) is 0 Å². The van der Waals surface area contributed by atoms with E-state index in [-0.39, 0.29) is 17.9 Å². The highest BCUT2D eigenvalue weighted by molar-refractivity contribution is 5.84. The van der Waals surface area contributed by atoms with Crippen LogP contribution in [0, 0.1) is 17.8 Å². The molecule has 1 amide bonds. The molecule has 0 aromatic rings. The monoisotopic (exact) mass is 266 g/mol. The van der Waals surface area contributed by atoms with Crippen LogP contribution in [-0.2, 0) is 9.59 Å². The van der Waals surface area contributed by atoms with Crippen LogP contribution >= 0.6 is 0 Å². The van der Waals surface area contributed by atoms with Gasteiger partial charge in [0.25, 0.3) is 0 Å². The second-order valence-corrected chi connectivity index (χ2v) is 6.19. The number of hydrogen-bond acceptors (Lipinski definition) is 3. The van der Waals surface area contributed by atoms with Crippen molar-refractivity contribution in [2.24, 2.45) is 17.8 Å². The van der Waals surface area contributed by atoms with Crippen LogP contribution in [0.1, 0.15) is 58.3 Å². The topological polar surface area (TPSA) is 69.2 Å². The molecule has 0 aliphatic heterocycles. The van der Waals surface area contributed by atoms with E-state index in [4.69, 9.17) is 0 Å². The van der Waals surface area contributed by atoms with Crippen molar-refractivity contribution in [3.63, 3.8) is 0 Å². The van der Waals surface area contributed by atoms with Gasteiger partial charge in [-0.25, -0.2) is 0 Å². The van der Waals surface area contributed by atoms with Gasteiger partial charge in [0.2, 0.25) is 5.91 Å². The molecule has 2 saturated carbocycles. The lowest BCUT2D eigenvalue weighted by molar-refractivity contribution is -0.314. The zero-order chi connectivity index (χ0) is 13.8. The number of aliphatic carboxylic acids is 1. The molecule has 0 bridgehead atoms. The van der Waals surface area contributed by atoms with Crippen molar-refractivity contribution >= 4 is 11.9 Å². The molecule has 19 heavy (non-hydrogen) atoms. The third-order valence-corrected chi connectivity index (χ3v) is 4.84. The number of hydrogen-bond donors (Lipinski definition) is 1. The Morgan fingerprint density at radius 2 is 1.53 bits per heavy atom. The summed E-state index contributed by atoms with van der Waals surface area (Å²) in [7, 11) is 0. The fourth-order valence-electron chi connectivity index (χ4n) is 3.55. The summed E-state index contributed by atoms with van der Waals surface area (Å²) in [4.78, 5) is 23.5. The predicted octanol–water partition coefficient (Wildman–Crippen LogP) is 1.24. The van der Waals surface area contributed by atoms with Crippen molar-refractivity contribution in [3.8, 4) is 0 Å². The number of carboxylic acids is 1. The number of rotatable bonds is 3. The quantitative estimate of drug-likeness (QED) is 0.835. The molecular weight excluding hydrogens is 242 g/mol. The number of carbonyl (C=O) groups excluding carboxylic acids is 2. The zero-order valence-electron chi connectivity index (χ0n) is 11.7. The van der Waals surface area contributed by atoms with Crippen LogP contribution in [0.25, 0.3) is 0 Å². The molecule has 2 rings (SSSR count). The Hall–Kier alpha value is -1.06. The first-order chi connectivity index (χ1) is 9.09. The number of carbonyl (C=O) groups is 2. The summed E-state index contributed by atoms with van der Waals surface area (Å²) in [6, 6.07) is 0.227. The van der Waals surface area contributed by atoms with Gasteiger partial charge in [-0.15, -0.1) is 0 Å². The molecule has 0 aromatic heterocycles. The molecule has 0 saturated heterocycles. The molecule has 0 unspecified atom stereocenters. The van der Waals surface area contributed by atoms with Crippen LogP contribution in [0.5, 0.6) is 0 Å². The summed E-state index contributed by atoms with van der Waals surface area (Å²) in [5.41, 5.74) is 0. The van der Waals surface area contributed by atoms with E-state index >= 15 is 0 Å². The average Bonchev–Trinajstić information content (AvgIpc) is 2.41. The van der Waals surface area contributed by atoms with Gasteiger partial charge < -0.3 is 15.2 Å². The minimum atomic E-state index is -1.06. The zero-order valence-corrected chi connectivity index (χ0v) is 11.7. The highest BCUT2D eigenvalue weighted by Gasteiger charge is 2.33. The second kappa shape index (κ2) is 6.40. The van der Waals surface area contributed by atoms with Crippen LogP contribution in [0.4, 0.5) is 0 Å². The number of amides is 1. The smallest absolute Gasteiger partial charge is 0.223 e. The summed E-state index contributed by atoms with van der Waals surface area (Å²) in [5.74, 6) is -1.59. The molecule has 2 aliphatic carbocycles. The SMILES string of the molecule is C[C@H]1CCCC[C@@H]1NC(=O)[C@@H]1CCCC[C@@H]1C(=O)[O-]. The van der Waals surface area contributed by atoms with E-state index in [2.05, 4.69) is 12.2 Å². The fourth-order valence-corrected chi connectivity index (χ4v) is 3.55. The van der Waals surface area contributed by atoms with Gasteiger partial charge in [-0.05, 0) is 31.6 Å². The first-order valence-corrected chi connectivity index (χ1v) is 7.61. The summed E-state index contributed by atoms with van der Waals surface area (Å²) >= 11 is 0. The minimum Gasteiger partial charge on any atom is -0.550 e. The van der Waals surface area contributed by atoms with Crippen molar-refractivity contribution in [1.82, 2.24) is 5.32 Å². The van der Waals surface area contributed by atoms with E-state index in [0.29, 0.717) is 18.8 Å². The van der Waals surface area contributed by atoms with E-state index in [1.165, 1.54) is 6.42 Å². The van der Waals surface area contributed by atoms with Gasteiger partial charge in [-0.3, -0.25) is 4.79 Å². The molecule has 4 atom stereocenters. The minimum absolute atomic E-state index is 0.0624. The molecule has 2 aliphatic rings. The summed E-state index contributed by atoms with van der Waals surface area (Å²) < 4.78 is 0. The Bertz CT molecular complexity index is 342. The van der Waals surface area contributed by atoms with Crippen LogP contribution in [0.3, 0.4) is 0 Å². The van der Waals surface area contributed by atoms with E-state index in [0.717, 1.165) is 32.1 Å². The summed E-state index contributed by atoms with van der Waals surface area (Å²) in [5, 5.41) is 14.2. The molecule has 1 N–H and O–H groups in total. The third kappa shape index (κ3) is 3.48. The highest BCUT2D eigenvalue weighted by Crippen LogP contribution is 2.31. The molecule has 0 radical (unpaired) electrons. The van der Waals surface area contributed by atoms with Crippen molar-refractivity contribution in [2.45, 2.75) is 64.3 Å². The van der Waals surface area contributed by atoms with Crippen molar-refractivity contribution in [1.29, 1.82) is 0 Å². The Balaban J connectivity index is 1.95. The van der Waals surface area contributed by atoms with Gasteiger partial charge in [-0.1, -0.05) is 32.6 Å². The lowest BCUT2D eigenvalue weighted by Crippen LogP contribution is -2.49. The van der Waals surface area contributed by atoms with Crippen LogP contribution < -0.4 is 10.4 Å². The maximum absolute atomic E-state index is 12.3. The highest BCUT2D eigenvalue weighted by atomic mass is 16.4. The molecule has 4 heteroatoms. The first kappa shape index (κ1) is 14.4. The van der Waals surface area contributed by atoms with E-state index < -0.39 is 11.9 Å². The Labute approximate surface area is 115 Å². The number of nitrogens with one attached hydrogen (secondary N) is 1. The van der Waals surface area contributed by atoms with Crippen LogP contribution in [0.15, 0.2) is 0 Å². The number of carboxylic acid groups (broad SMARTS) is 1. The lowest BCUT2D eigenvalue weighted by atomic mass is 9.78. The lowest BCUT2D eigenvalue weighted by Gasteiger charge is -2.35. The first-order valence-electron chi connectivity index (χ1n) is 7.61. The van der Waals surface area contributed by atoms with Crippen LogP contribution in [-0.4, -0.2) is 17.9 Å². The maximum Gasteiger partial charge on any atom is 0.223 e. The van der Waals surface area contributed by atoms with Gasteiger partial charge >= 0.3 is 0 Å². The van der Waals surface area contributed by atoms with Gasteiger partial charge in [0.15, 0.2) is 0 Å². The van der Waals surface area contributed by atoms with E-state index in [1.54, 1.807) is 0 Å². The molecule has 108 valence electrons. The Morgan fingerprint density at radius 3 is 2.16 bits per heavy atom. The maximum atomic E-state index is 12.3. The molecule has 0 heterocycles. The fraction of sp³-hybridized carbons (Fsp3) is 0.867. The summed E-state index contributed by atoms with van der Waals surface area (Å²) in [6.07, 6.45) is 7.67. The molecule has 0 aromatic carbocycles. The van der Waals surface area contributed by atoms with Gasteiger partial charge in [-0.2, -0.15) is 0 Å². The van der Waals surface area contributed by atoms with E-state index in [1.807, 2.05) is 0 Å². The van der Waals surface area contributed by atoms with Crippen molar-refractivity contribution in [3.05, 3.63) is 0 Å². The molecule has 4 nitrogen and oxygen atoms in total. The van der Waals surface area contributed by atoms with Crippen LogP contribution in [0.2, 0.25) is 0 Å².